The normalized spacial score (nSPS) is 36.3. The summed E-state index contributed by atoms with van der Waals surface area (Å²) in [6, 6.07) is 3.73. The van der Waals surface area contributed by atoms with Crippen LogP contribution in [0.15, 0.2) is 18.5 Å². The minimum absolute atomic E-state index is 0.165. The number of aromatic nitrogens is 3. The summed E-state index contributed by atoms with van der Waals surface area (Å²) < 4.78 is 19.7. The summed E-state index contributed by atoms with van der Waals surface area (Å²) in [5, 5.41) is 14.5. The molecule has 2 aliphatic heterocycles. The van der Waals surface area contributed by atoms with E-state index in [2.05, 4.69) is 10.1 Å². The molecule has 2 fully saturated rings. The van der Waals surface area contributed by atoms with Crippen molar-refractivity contribution >= 4 is 11.3 Å². The van der Waals surface area contributed by atoms with E-state index in [-0.39, 0.29) is 6.61 Å². The first-order chi connectivity index (χ1) is 10.8. The van der Waals surface area contributed by atoms with Gasteiger partial charge >= 0.3 is 0 Å². The number of anilines is 1. The summed E-state index contributed by atoms with van der Waals surface area (Å²) in [6.07, 6.45) is -0.279. The van der Waals surface area contributed by atoms with Gasteiger partial charge in [0.1, 0.15) is 35.8 Å². The zero-order valence-electron chi connectivity index (χ0n) is 13.3. The van der Waals surface area contributed by atoms with Crippen molar-refractivity contribution in [1.82, 2.24) is 14.6 Å². The van der Waals surface area contributed by atoms with E-state index in [9.17, 15) is 5.11 Å². The summed E-state index contributed by atoms with van der Waals surface area (Å²) in [6.45, 7) is 5.72. The van der Waals surface area contributed by atoms with E-state index in [0.29, 0.717) is 11.3 Å². The van der Waals surface area contributed by atoms with Crippen LogP contribution < -0.4 is 5.73 Å². The molecular formula is C15H20N4O4. The third-order valence-electron chi connectivity index (χ3n) is 4.52. The highest BCUT2D eigenvalue weighted by atomic mass is 16.8. The number of ether oxygens (including phenoxy) is 3. The Labute approximate surface area is 133 Å². The molecule has 0 radical (unpaired) electrons. The minimum atomic E-state index is -0.838. The van der Waals surface area contributed by atoms with Gasteiger partial charge in [0, 0.05) is 0 Å². The third-order valence-corrected chi connectivity index (χ3v) is 4.52. The predicted molar refractivity (Wildman–Crippen MR) is 80.5 cm³/mol. The fourth-order valence-electron chi connectivity index (χ4n) is 3.70. The molecular weight excluding hydrogens is 300 g/mol. The number of aliphatic hydroxyl groups excluding tert-OH is 1. The average Bonchev–Trinajstić information content (AvgIpc) is 2.99. The van der Waals surface area contributed by atoms with Gasteiger partial charge in [0.15, 0.2) is 11.6 Å². The van der Waals surface area contributed by atoms with Crippen LogP contribution in [-0.4, -0.2) is 49.9 Å². The van der Waals surface area contributed by atoms with Crippen LogP contribution in [0.25, 0.3) is 5.52 Å². The summed E-state index contributed by atoms with van der Waals surface area (Å²) in [5.74, 6) is -0.402. The monoisotopic (exact) mass is 320 g/mol. The maximum atomic E-state index is 10.3. The molecule has 8 heteroatoms. The van der Waals surface area contributed by atoms with Gasteiger partial charge in [-0.15, -0.1) is 0 Å². The zero-order chi connectivity index (χ0) is 16.4. The molecule has 4 heterocycles. The van der Waals surface area contributed by atoms with Crippen molar-refractivity contribution in [1.29, 1.82) is 0 Å². The largest absolute Gasteiger partial charge is 0.388 e. The first kappa shape index (κ1) is 14.8. The van der Waals surface area contributed by atoms with E-state index in [1.807, 2.05) is 32.9 Å². The second kappa shape index (κ2) is 4.64. The van der Waals surface area contributed by atoms with E-state index in [0.717, 1.165) is 5.69 Å². The SMILES string of the molecule is CC1(C)O[C@@H]2C(O)CO[C@@H](c3ccc4c(N)ncnn34)[C@]2(C)O1. The van der Waals surface area contributed by atoms with Crippen molar-refractivity contribution in [3.8, 4) is 0 Å². The highest BCUT2D eigenvalue weighted by Gasteiger charge is 2.61. The predicted octanol–water partition coefficient (Wildman–Crippen LogP) is 0.654. The molecule has 0 spiro atoms. The van der Waals surface area contributed by atoms with Crippen molar-refractivity contribution in [3.63, 3.8) is 0 Å². The highest BCUT2D eigenvalue weighted by molar-refractivity contribution is 5.65. The Bertz CT molecular complexity index is 761. The number of hydrogen-bond acceptors (Lipinski definition) is 7. The van der Waals surface area contributed by atoms with E-state index < -0.39 is 29.7 Å². The lowest BCUT2D eigenvalue weighted by molar-refractivity contribution is -0.204. The van der Waals surface area contributed by atoms with Gasteiger partial charge < -0.3 is 25.1 Å². The summed E-state index contributed by atoms with van der Waals surface area (Å²) in [7, 11) is 0. The Balaban J connectivity index is 1.83. The first-order valence-corrected chi connectivity index (χ1v) is 7.57. The van der Waals surface area contributed by atoms with Crippen LogP contribution in [0.5, 0.6) is 0 Å². The quantitative estimate of drug-likeness (QED) is 0.795. The van der Waals surface area contributed by atoms with Gasteiger partial charge in [-0.3, -0.25) is 0 Å². The van der Waals surface area contributed by atoms with Crippen LogP contribution in [0.3, 0.4) is 0 Å². The number of nitrogens with two attached hydrogens (primary N) is 1. The standard InChI is InChI=1S/C15H20N4O4/c1-14(2)22-12-10(20)6-21-11(15(12,3)23-14)8-4-5-9-13(16)17-7-18-19(8)9/h4-5,7,10-12,20H,6H2,1-3H3,(H2,16,17,18)/t10?,11-,12+,15-/m0/s1. The van der Waals surface area contributed by atoms with Crippen LogP contribution in [0.4, 0.5) is 5.82 Å². The van der Waals surface area contributed by atoms with Crippen LogP contribution in [-0.2, 0) is 14.2 Å². The summed E-state index contributed by atoms with van der Waals surface area (Å²) in [4.78, 5) is 3.99. The molecule has 4 rings (SSSR count). The van der Waals surface area contributed by atoms with Crippen molar-refractivity contribution in [3.05, 3.63) is 24.2 Å². The number of hydrogen-bond donors (Lipinski definition) is 2. The van der Waals surface area contributed by atoms with E-state index in [1.54, 1.807) is 4.52 Å². The highest BCUT2D eigenvalue weighted by Crippen LogP contribution is 2.49. The zero-order valence-corrected chi connectivity index (χ0v) is 13.3. The molecule has 2 aliphatic rings. The lowest BCUT2D eigenvalue weighted by Gasteiger charge is -2.42. The molecule has 0 saturated carbocycles. The molecule has 3 N–H and O–H groups in total. The van der Waals surface area contributed by atoms with E-state index in [4.69, 9.17) is 19.9 Å². The molecule has 1 unspecified atom stereocenters. The second-order valence-electron chi connectivity index (χ2n) is 6.71. The smallest absolute Gasteiger partial charge is 0.164 e. The summed E-state index contributed by atoms with van der Waals surface area (Å²) in [5.41, 5.74) is 6.55. The van der Waals surface area contributed by atoms with Gasteiger partial charge in [-0.2, -0.15) is 5.10 Å². The van der Waals surface area contributed by atoms with Crippen molar-refractivity contribution in [2.24, 2.45) is 0 Å². The number of nitrogen functional groups attached to an aromatic ring is 1. The van der Waals surface area contributed by atoms with Crippen LogP contribution in [0, 0.1) is 0 Å². The third kappa shape index (κ3) is 2.06. The number of aliphatic hydroxyl groups is 1. The Kier molecular flexibility index (Phi) is 2.99. The van der Waals surface area contributed by atoms with Crippen LogP contribution in [0.2, 0.25) is 0 Å². The van der Waals surface area contributed by atoms with Crippen molar-refractivity contribution < 1.29 is 19.3 Å². The molecule has 0 bridgehead atoms. The molecule has 8 nitrogen and oxygen atoms in total. The van der Waals surface area contributed by atoms with Gasteiger partial charge in [-0.1, -0.05) is 0 Å². The topological polar surface area (TPSA) is 104 Å². The lowest BCUT2D eigenvalue weighted by Crippen LogP contribution is -2.55. The van der Waals surface area contributed by atoms with Gasteiger partial charge in [-0.05, 0) is 32.9 Å². The molecule has 124 valence electrons. The molecule has 2 aromatic heterocycles. The Morgan fingerprint density at radius 3 is 2.91 bits per heavy atom. The van der Waals surface area contributed by atoms with Crippen LogP contribution in [0.1, 0.15) is 32.6 Å². The van der Waals surface area contributed by atoms with Gasteiger partial charge in [0.05, 0.1) is 12.3 Å². The van der Waals surface area contributed by atoms with E-state index >= 15 is 0 Å². The molecule has 0 aromatic carbocycles. The van der Waals surface area contributed by atoms with Gasteiger partial charge in [0.2, 0.25) is 0 Å². The average molecular weight is 320 g/mol. The van der Waals surface area contributed by atoms with Crippen molar-refractivity contribution in [2.75, 3.05) is 12.3 Å². The number of rotatable bonds is 1. The molecule has 2 saturated heterocycles. The van der Waals surface area contributed by atoms with Gasteiger partial charge in [-0.25, -0.2) is 9.50 Å². The molecule has 23 heavy (non-hydrogen) atoms. The maximum Gasteiger partial charge on any atom is 0.164 e. The summed E-state index contributed by atoms with van der Waals surface area (Å²) >= 11 is 0. The lowest BCUT2D eigenvalue weighted by atomic mass is 9.85. The molecule has 4 atom stereocenters. The molecule has 0 amide bonds. The molecule has 0 aliphatic carbocycles. The molecule has 2 aromatic rings. The Hall–Kier alpha value is -1.74. The van der Waals surface area contributed by atoms with Crippen LogP contribution >= 0.6 is 0 Å². The first-order valence-electron chi connectivity index (χ1n) is 7.57. The Morgan fingerprint density at radius 2 is 2.13 bits per heavy atom. The minimum Gasteiger partial charge on any atom is -0.388 e. The number of nitrogens with zero attached hydrogens (tertiary/aromatic N) is 3. The fraction of sp³-hybridized carbons (Fsp3) is 0.600. The van der Waals surface area contributed by atoms with Crippen molar-refractivity contribution in [2.45, 2.75) is 50.5 Å². The Morgan fingerprint density at radius 1 is 1.35 bits per heavy atom. The number of fused-ring (bicyclic) bond motifs is 2. The maximum absolute atomic E-state index is 10.3. The van der Waals surface area contributed by atoms with Gasteiger partial charge in [0.25, 0.3) is 0 Å². The second-order valence-corrected chi connectivity index (χ2v) is 6.71. The van der Waals surface area contributed by atoms with E-state index in [1.165, 1.54) is 6.33 Å². The fourth-order valence-corrected chi connectivity index (χ4v) is 3.70.